The molecule has 7 rings (SSSR count). The Morgan fingerprint density at radius 3 is 2.77 bits per heavy atom. The van der Waals surface area contributed by atoms with Gasteiger partial charge in [-0.05, 0) is 80.6 Å². The molecular weight excluding hydrogens is 440 g/mol. The van der Waals surface area contributed by atoms with Gasteiger partial charge in [0.25, 0.3) is 0 Å². The molecule has 184 valence electrons. The lowest BCUT2D eigenvalue weighted by Gasteiger charge is -2.55. The molecule has 1 aromatic carbocycles. The van der Waals surface area contributed by atoms with Gasteiger partial charge in [0.15, 0.2) is 11.5 Å². The van der Waals surface area contributed by atoms with Crippen molar-refractivity contribution >= 4 is 16.7 Å². The molecule has 2 aromatic rings. The zero-order valence-corrected chi connectivity index (χ0v) is 20.9. The molecule has 3 heterocycles. The zero-order valence-electron chi connectivity index (χ0n) is 20.9. The van der Waals surface area contributed by atoms with Crippen LogP contribution in [0.15, 0.2) is 52.0 Å². The number of oxazole rings is 1. The number of allylic oxidation sites excluding steroid dienone is 3. The van der Waals surface area contributed by atoms with E-state index in [1.807, 2.05) is 25.9 Å². The number of benzene rings is 1. The van der Waals surface area contributed by atoms with Gasteiger partial charge in [0.2, 0.25) is 0 Å². The molecule has 1 saturated carbocycles. The normalized spacial score (nSPS) is 41.9. The van der Waals surface area contributed by atoms with Gasteiger partial charge in [-0.1, -0.05) is 31.2 Å². The highest BCUT2D eigenvalue weighted by Crippen LogP contribution is 2.67. The fourth-order valence-electron chi connectivity index (χ4n) is 8.15. The molecule has 6 heteroatoms. The Morgan fingerprint density at radius 1 is 1.14 bits per heavy atom. The summed E-state index contributed by atoms with van der Waals surface area (Å²) >= 11 is 0. The second-order valence-electron chi connectivity index (χ2n) is 11.9. The number of aliphatic hydroxyl groups excluding tert-OH is 2. The predicted octanol–water partition coefficient (Wildman–Crippen LogP) is 4.16. The summed E-state index contributed by atoms with van der Waals surface area (Å²) in [5.41, 5.74) is 5.50. The van der Waals surface area contributed by atoms with Gasteiger partial charge in [-0.25, -0.2) is 4.98 Å². The van der Waals surface area contributed by atoms with E-state index in [9.17, 15) is 10.2 Å². The van der Waals surface area contributed by atoms with Crippen molar-refractivity contribution in [2.75, 3.05) is 14.1 Å². The van der Waals surface area contributed by atoms with Crippen LogP contribution in [0.25, 0.3) is 16.7 Å². The number of hydrogen-bond donors (Lipinski definition) is 2. The van der Waals surface area contributed by atoms with E-state index in [1.165, 1.54) is 16.7 Å². The molecule has 1 aromatic heterocycles. The van der Waals surface area contributed by atoms with E-state index in [-0.39, 0.29) is 17.1 Å². The van der Waals surface area contributed by atoms with Crippen LogP contribution in [0.5, 0.6) is 0 Å². The van der Waals surface area contributed by atoms with E-state index in [0.29, 0.717) is 18.2 Å². The topological polar surface area (TPSA) is 79.0 Å². The average molecular weight is 475 g/mol. The fraction of sp³-hybridized carbons (Fsp3) is 0.552. The van der Waals surface area contributed by atoms with Crippen molar-refractivity contribution in [2.24, 2.45) is 11.3 Å². The van der Waals surface area contributed by atoms with E-state index in [1.54, 1.807) is 0 Å². The van der Waals surface area contributed by atoms with Gasteiger partial charge in [0.05, 0.1) is 17.3 Å². The SMILES string of the molecule is Cc1nc2ccc(C3=CCC4[C@]3(C)CC=C3C=C5[C@@H](O)[C@H](O)[C@@H](N(C)C)C[C@]56CC[C@@]34O6)cc2o1. The number of aryl methyl sites for hydroxylation is 1. The quantitative estimate of drug-likeness (QED) is 0.681. The number of fused-ring (bicyclic) bond motifs is 2. The highest BCUT2D eigenvalue weighted by molar-refractivity contribution is 5.82. The second kappa shape index (κ2) is 6.94. The van der Waals surface area contributed by atoms with Gasteiger partial charge in [-0.2, -0.15) is 0 Å². The highest BCUT2D eigenvalue weighted by atomic mass is 16.5. The van der Waals surface area contributed by atoms with E-state index in [2.05, 4.69) is 48.3 Å². The van der Waals surface area contributed by atoms with Crippen LogP contribution in [0.4, 0.5) is 0 Å². The van der Waals surface area contributed by atoms with E-state index < -0.39 is 17.8 Å². The third kappa shape index (κ3) is 2.71. The molecule has 1 unspecified atom stereocenters. The smallest absolute Gasteiger partial charge is 0.192 e. The predicted molar refractivity (Wildman–Crippen MR) is 134 cm³/mol. The third-order valence-electron chi connectivity index (χ3n) is 9.90. The van der Waals surface area contributed by atoms with Crippen LogP contribution in [0.3, 0.4) is 0 Å². The summed E-state index contributed by atoms with van der Waals surface area (Å²) in [5, 5.41) is 22.0. The van der Waals surface area contributed by atoms with Crippen LogP contribution >= 0.6 is 0 Å². The molecule has 7 atom stereocenters. The second-order valence-corrected chi connectivity index (χ2v) is 11.9. The Balaban J connectivity index is 1.30. The van der Waals surface area contributed by atoms with Crippen LogP contribution in [0.1, 0.15) is 50.5 Å². The minimum absolute atomic E-state index is 0.0448. The number of likely N-dealkylation sites (N-methyl/N-ethyl adjacent to an activating group) is 1. The monoisotopic (exact) mass is 474 g/mol. The molecular formula is C29H34N2O4. The zero-order chi connectivity index (χ0) is 24.3. The van der Waals surface area contributed by atoms with Gasteiger partial charge in [-0.3, -0.25) is 0 Å². The summed E-state index contributed by atoms with van der Waals surface area (Å²) in [5.74, 6) is 1.02. The van der Waals surface area contributed by atoms with E-state index >= 15 is 0 Å². The maximum absolute atomic E-state index is 11.1. The average Bonchev–Trinajstić information content (AvgIpc) is 3.47. The standard InChI is InChI=1S/C29H34N2O4/c1-16-30-21-7-5-17(13-23(21)34-16)19-6-8-24-27(19,2)10-9-18-14-20-25(32)26(33)22(31(3)4)15-28(20)11-12-29(18,24)35-28/h5-7,9,13-14,22,24-26,32-33H,8,10-12,15H2,1-4H3/t22-,24?,25+,26+,27+,28+,29+/m0/s1. The van der Waals surface area contributed by atoms with Crippen molar-refractivity contribution in [1.82, 2.24) is 9.88 Å². The van der Waals surface area contributed by atoms with Crippen LogP contribution in [0, 0.1) is 18.3 Å². The Bertz CT molecular complexity index is 1340. The maximum Gasteiger partial charge on any atom is 0.192 e. The number of hydrogen-bond acceptors (Lipinski definition) is 6. The first-order valence-corrected chi connectivity index (χ1v) is 12.9. The first-order chi connectivity index (χ1) is 16.7. The van der Waals surface area contributed by atoms with Crippen LogP contribution in [-0.4, -0.2) is 63.6 Å². The number of aliphatic hydroxyl groups is 2. The van der Waals surface area contributed by atoms with Gasteiger partial charge in [0.1, 0.15) is 11.6 Å². The van der Waals surface area contributed by atoms with Gasteiger partial charge in [-0.15, -0.1) is 0 Å². The lowest BCUT2D eigenvalue weighted by atomic mass is 9.58. The van der Waals surface area contributed by atoms with Crippen molar-refractivity contribution in [2.45, 2.75) is 75.4 Å². The Kier molecular flexibility index (Phi) is 4.36. The number of aromatic nitrogens is 1. The van der Waals surface area contributed by atoms with Crippen molar-refractivity contribution in [1.29, 1.82) is 0 Å². The lowest BCUT2D eigenvalue weighted by Crippen LogP contribution is -2.61. The molecule has 2 fully saturated rings. The first-order valence-electron chi connectivity index (χ1n) is 12.9. The summed E-state index contributed by atoms with van der Waals surface area (Å²) in [6, 6.07) is 6.25. The first kappa shape index (κ1) is 22.0. The van der Waals surface area contributed by atoms with Crippen molar-refractivity contribution in [3.05, 3.63) is 59.0 Å². The van der Waals surface area contributed by atoms with E-state index in [4.69, 9.17) is 9.15 Å². The summed E-state index contributed by atoms with van der Waals surface area (Å²) in [6.45, 7) is 4.28. The van der Waals surface area contributed by atoms with Gasteiger partial charge in [0, 0.05) is 24.3 Å². The summed E-state index contributed by atoms with van der Waals surface area (Å²) in [6.07, 6.45) is 9.69. The van der Waals surface area contributed by atoms with Gasteiger partial charge < -0.3 is 24.3 Å². The molecule has 35 heavy (non-hydrogen) atoms. The van der Waals surface area contributed by atoms with Gasteiger partial charge >= 0.3 is 0 Å². The maximum atomic E-state index is 11.1. The fourth-order valence-corrected chi connectivity index (χ4v) is 8.15. The molecule has 1 saturated heterocycles. The number of rotatable bonds is 2. The summed E-state index contributed by atoms with van der Waals surface area (Å²) in [7, 11) is 3.95. The molecule has 6 nitrogen and oxygen atoms in total. The molecule has 5 aliphatic rings. The van der Waals surface area contributed by atoms with Crippen LogP contribution in [0.2, 0.25) is 0 Å². The minimum atomic E-state index is -0.893. The lowest BCUT2D eigenvalue weighted by molar-refractivity contribution is -0.161. The molecule has 2 aliphatic heterocycles. The molecule has 3 aliphatic carbocycles. The third-order valence-corrected chi connectivity index (χ3v) is 9.90. The molecule has 2 bridgehead atoms. The Morgan fingerprint density at radius 2 is 1.97 bits per heavy atom. The van der Waals surface area contributed by atoms with Crippen LogP contribution in [-0.2, 0) is 4.74 Å². The van der Waals surface area contributed by atoms with Crippen molar-refractivity contribution in [3.63, 3.8) is 0 Å². The molecule has 0 radical (unpaired) electrons. The van der Waals surface area contributed by atoms with Crippen molar-refractivity contribution < 1.29 is 19.4 Å². The molecule has 0 amide bonds. The molecule has 2 spiro atoms. The Hall–Kier alpha value is -2.25. The number of ether oxygens (including phenoxy) is 1. The summed E-state index contributed by atoms with van der Waals surface area (Å²) < 4.78 is 13.1. The molecule has 2 N–H and O–H groups in total. The van der Waals surface area contributed by atoms with Crippen LogP contribution < -0.4 is 0 Å². The van der Waals surface area contributed by atoms with E-state index in [0.717, 1.165) is 42.4 Å². The largest absolute Gasteiger partial charge is 0.441 e. The minimum Gasteiger partial charge on any atom is -0.441 e. The Labute approximate surface area is 206 Å². The number of nitrogens with zero attached hydrogens (tertiary/aromatic N) is 2. The highest BCUT2D eigenvalue weighted by Gasteiger charge is 2.67. The summed E-state index contributed by atoms with van der Waals surface area (Å²) in [4.78, 5) is 6.50. The van der Waals surface area contributed by atoms with Crippen molar-refractivity contribution in [3.8, 4) is 0 Å².